The molecule has 26 heavy (non-hydrogen) atoms. The van der Waals surface area contributed by atoms with Gasteiger partial charge in [0, 0.05) is 24.2 Å². The van der Waals surface area contributed by atoms with Crippen molar-refractivity contribution in [3.05, 3.63) is 72.1 Å². The molecular weight excluding hydrogens is 338 g/mol. The summed E-state index contributed by atoms with van der Waals surface area (Å²) in [5.41, 5.74) is 1.10. The molecule has 7 heteroatoms. The molecule has 132 valence electrons. The van der Waals surface area contributed by atoms with Crippen LogP contribution in [-0.2, 0) is 0 Å². The number of carbonyl (C=O) groups is 1. The van der Waals surface area contributed by atoms with Gasteiger partial charge in [0.25, 0.3) is 5.91 Å². The van der Waals surface area contributed by atoms with Gasteiger partial charge in [-0.2, -0.15) is 0 Å². The third-order valence-electron chi connectivity index (χ3n) is 4.62. The highest BCUT2D eigenvalue weighted by molar-refractivity contribution is 5.94. The molecule has 1 amide bonds. The minimum atomic E-state index is -1.02. The Labute approximate surface area is 148 Å². The number of carbonyl (C=O) groups excluding carboxylic acids is 1. The van der Waals surface area contributed by atoms with Gasteiger partial charge in [-0.1, -0.05) is 30.3 Å². The van der Waals surface area contributed by atoms with Gasteiger partial charge in [-0.05, 0) is 24.6 Å². The second kappa shape index (κ2) is 6.67. The summed E-state index contributed by atoms with van der Waals surface area (Å²) in [5, 5.41) is 8.21. The monoisotopic (exact) mass is 354 g/mol. The average Bonchev–Trinajstić information content (AvgIpc) is 3.33. The van der Waals surface area contributed by atoms with Gasteiger partial charge in [0.2, 0.25) is 0 Å². The van der Waals surface area contributed by atoms with E-state index in [-0.39, 0.29) is 17.5 Å². The van der Waals surface area contributed by atoms with Crippen LogP contribution in [0.1, 0.15) is 22.8 Å². The summed E-state index contributed by atoms with van der Waals surface area (Å²) in [6.45, 7) is 1.00. The Morgan fingerprint density at radius 1 is 1.08 bits per heavy atom. The third-order valence-corrected chi connectivity index (χ3v) is 4.62. The van der Waals surface area contributed by atoms with Gasteiger partial charge in [-0.15, -0.1) is 10.2 Å². The van der Waals surface area contributed by atoms with E-state index in [1.54, 1.807) is 11.2 Å². The molecule has 0 unspecified atom stereocenters. The van der Waals surface area contributed by atoms with Crippen LogP contribution in [0.5, 0.6) is 0 Å². The quantitative estimate of drug-likeness (QED) is 0.725. The first-order chi connectivity index (χ1) is 12.6. The van der Waals surface area contributed by atoms with Crippen LogP contribution >= 0.6 is 0 Å². The smallest absolute Gasteiger partial charge is 0.254 e. The summed E-state index contributed by atoms with van der Waals surface area (Å²) in [4.78, 5) is 14.2. The van der Waals surface area contributed by atoms with Crippen molar-refractivity contribution in [1.29, 1.82) is 0 Å². The fourth-order valence-electron chi connectivity index (χ4n) is 3.27. The number of hydrogen-bond donors (Lipinski definition) is 0. The molecule has 0 bridgehead atoms. The Balaban J connectivity index is 1.54. The number of halogens is 2. The topological polar surface area (TPSA) is 51.0 Å². The van der Waals surface area contributed by atoms with Gasteiger partial charge in [0.05, 0.1) is 6.04 Å². The Morgan fingerprint density at radius 3 is 2.65 bits per heavy atom. The molecule has 1 aliphatic rings. The van der Waals surface area contributed by atoms with Gasteiger partial charge >= 0.3 is 0 Å². The van der Waals surface area contributed by atoms with Gasteiger partial charge in [-0.25, -0.2) is 8.78 Å². The van der Waals surface area contributed by atoms with Crippen molar-refractivity contribution in [3.8, 4) is 11.4 Å². The molecule has 2 heterocycles. The van der Waals surface area contributed by atoms with Gasteiger partial charge < -0.3 is 9.47 Å². The molecular formula is C19H16F2N4O. The molecule has 5 nitrogen and oxygen atoms in total. The molecule has 3 aromatic rings. The molecule has 4 rings (SSSR count). The predicted octanol–water partition coefficient (Wildman–Crippen LogP) is 3.31. The Bertz CT molecular complexity index is 942. The van der Waals surface area contributed by atoms with E-state index >= 15 is 0 Å². The number of rotatable bonds is 3. The summed E-state index contributed by atoms with van der Waals surface area (Å²) >= 11 is 0. The van der Waals surface area contributed by atoms with E-state index in [0.29, 0.717) is 13.1 Å². The zero-order valence-corrected chi connectivity index (χ0v) is 13.8. The number of amides is 1. The summed E-state index contributed by atoms with van der Waals surface area (Å²) in [6, 6.07) is 13.0. The number of benzene rings is 2. The van der Waals surface area contributed by atoms with Gasteiger partial charge in [0.1, 0.15) is 6.33 Å². The van der Waals surface area contributed by atoms with Crippen molar-refractivity contribution >= 4 is 5.91 Å². The second-order valence-electron chi connectivity index (χ2n) is 6.25. The first-order valence-electron chi connectivity index (χ1n) is 8.33. The lowest BCUT2D eigenvalue weighted by Crippen LogP contribution is -2.29. The molecule has 1 saturated heterocycles. The van der Waals surface area contributed by atoms with E-state index in [1.807, 2.05) is 34.9 Å². The van der Waals surface area contributed by atoms with E-state index in [2.05, 4.69) is 10.2 Å². The third kappa shape index (κ3) is 2.96. The van der Waals surface area contributed by atoms with Crippen LogP contribution in [0.3, 0.4) is 0 Å². The lowest BCUT2D eigenvalue weighted by Gasteiger charge is -2.18. The largest absolute Gasteiger partial charge is 0.336 e. The van der Waals surface area contributed by atoms with Crippen LogP contribution in [0.4, 0.5) is 8.78 Å². The minimum absolute atomic E-state index is 0.0365. The highest BCUT2D eigenvalue weighted by atomic mass is 19.2. The number of nitrogens with zero attached hydrogens (tertiary/aromatic N) is 4. The molecule has 0 spiro atoms. The predicted molar refractivity (Wildman–Crippen MR) is 91.4 cm³/mol. The molecule has 1 atom stereocenters. The van der Waals surface area contributed by atoms with E-state index in [4.69, 9.17) is 0 Å². The molecule has 0 aliphatic carbocycles. The summed E-state index contributed by atoms with van der Waals surface area (Å²) in [7, 11) is 0. The van der Waals surface area contributed by atoms with Crippen molar-refractivity contribution in [1.82, 2.24) is 19.7 Å². The zero-order chi connectivity index (χ0) is 18.1. The highest BCUT2D eigenvalue weighted by Crippen LogP contribution is 2.28. The molecule has 1 aliphatic heterocycles. The molecule has 1 aromatic heterocycles. The zero-order valence-electron chi connectivity index (χ0n) is 13.8. The van der Waals surface area contributed by atoms with Crippen LogP contribution in [0.2, 0.25) is 0 Å². The van der Waals surface area contributed by atoms with E-state index in [1.165, 1.54) is 6.07 Å². The van der Waals surface area contributed by atoms with Gasteiger partial charge in [-0.3, -0.25) is 4.79 Å². The molecule has 0 radical (unpaired) electrons. The number of aromatic nitrogens is 3. The lowest BCUT2D eigenvalue weighted by atomic mass is 10.2. The lowest BCUT2D eigenvalue weighted by molar-refractivity contribution is 0.0787. The standard InChI is InChI=1S/C19H16F2N4O/c20-16-7-6-14(10-17(16)21)19(26)24-9-8-15(11-24)25-12-22-23-18(25)13-4-2-1-3-5-13/h1-7,10,12,15H,8-9,11H2/t15-/m1/s1. The maximum Gasteiger partial charge on any atom is 0.254 e. The number of hydrogen-bond acceptors (Lipinski definition) is 3. The van der Waals surface area contributed by atoms with Crippen molar-refractivity contribution < 1.29 is 13.6 Å². The number of likely N-dealkylation sites (tertiary alicyclic amines) is 1. The maximum atomic E-state index is 13.4. The van der Waals surface area contributed by atoms with Crippen LogP contribution in [0.25, 0.3) is 11.4 Å². The Morgan fingerprint density at radius 2 is 1.88 bits per heavy atom. The van der Waals surface area contributed by atoms with E-state index < -0.39 is 11.6 Å². The summed E-state index contributed by atoms with van der Waals surface area (Å²) < 4.78 is 28.4. The summed E-state index contributed by atoms with van der Waals surface area (Å²) in [6.07, 6.45) is 2.41. The van der Waals surface area contributed by atoms with Gasteiger partial charge in [0.15, 0.2) is 17.5 Å². The Kier molecular flexibility index (Phi) is 4.20. The maximum absolute atomic E-state index is 13.4. The van der Waals surface area contributed by atoms with Crippen LogP contribution in [-0.4, -0.2) is 38.7 Å². The van der Waals surface area contributed by atoms with Crippen molar-refractivity contribution in [3.63, 3.8) is 0 Å². The van der Waals surface area contributed by atoms with Crippen LogP contribution in [0, 0.1) is 11.6 Å². The molecule has 0 N–H and O–H groups in total. The summed E-state index contributed by atoms with van der Waals surface area (Å²) in [5.74, 6) is -1.53. The fourth-order valence-corrected chi connectivity index (χ4v) is 3.27. The molecule has 1 fully saturated rings. The first-order valence-corrected chi connectivity index (χ1v) is 8.33. The molecule has 2 aromatic carbocycles. The van der Waals surface area contributed by atoms with Crippen molar-refractivity contribution in [2.24, 2.45) is 0 Å². The first kappa shape index (κ1) is 16.4. The SMILES string of the molecule is O=C(c1ccc(F)c(F)c1)N1CC[C@@H](n2cnnc2-c2ccccc2)C1. The average molecular weight is 354 g/mol. The Hall–Kier alpha value is -3.09. The fraction of sp³-hybridized carbons (Fsp3) is 0.211. The molecule has 0 saturated carbocycles. The van der Waals surface area contributed by atoms with Crippen molar-refractivity contribution in [2.75, 3.05) is 13.1 Å². The highest BCUT2D eigenvalue weighted by Gasteiger charge is 2.30. The van der Waals surface area contributed by atoms with E-state index in [0.717, 1.165) is 29.9 Å². The van der Waals surface area contributed by atoms with E-state index in [9.17, 15) is 13.6 Å². The normalized spacial score (nSPS) is 16.8. The van der Waals surface area contributed by atoms with Crippen LogP contribution in [0.15, 0.2) is 54.9 Å². The second-order valence-corrected chi connectivity index (χ2v) is 6.25. The van der Waals surface area contributed by atoms with Crippen molar-refractivity contribution in [2.45, 2.75) is 12.5 Å². The van der Waals surface area contributed by atoms with Crippen LogP contribution < -0.4 is 0 Å². The minimum Gasteiger partial charge on any atom is -0.336 e.